The van der Waals surface area contributed by atoms with Crippen LogP contribution in [0, 0.1) is 6.92 Å². The first-order valence-electron chi connectivity index (χ1n) is 6.28. The fraction of sp³-hybridized carbons (Fsp3) is 0.500. The van der Waals surface area contributed by atoms with Crippen LogP contribution in [0.1, 0.15) is 24.0 Å². The fourth-order valence-corrected chi connectivity index (χ4v) is 2.01. The molecule has 0 spiro atoms. The van der Waals surface area contributed by atoms with Gasteiger partial charge < -0.3 is 15.4 Å². The molecule has 1 fully saturated rings. The summed E-state index contributed by atoms with van der Waals surface area (Å²) in [5, 5.41) is 5.84. The Hall–Kier alpha value is -1.55. The standard InChI is InChI=1S/C14H20N2O2/c1-11-3-5-12(6-4-11)14(7-8-14)16-13(17)15-9-10-18-2/h3-6H,7-10H2,1-2H3,(H2,15,16,17). The van der Waals surface area contributed by atoms with Crippen molar-refractivity contribution in [3.05, 3.63) is 35.4 Å². The van der Waals surface area contributed by atoms with Crippen molar-refractivity contribution in [3.63, 3.8) is 0 Å². The minimum atomic E-state index is -0.148. The Balaban J connectivity index is 1.92. The van der Waals surface area contributed by atoms with E-state index in [1.807, 2.05) is 0 Å². The number of hydrogen-bond acceptors (Lipinski definition) is 2. The molecule has 18 heavy (non-hydrogen) atoms. The third-order valence-corrected chi connectivity index (χ3v) is 3.30. The normalized spacial score (nSPS) is 16.1. The summed E-state index contributed by atoms with van der Waals surface area (Å²) in [5.74, 6) is 0. The number of rotatable bonds is 5. The molecule has 98 valence electrons. The van der Waals surface area contributed by atoms with Crippen molar-refractivity contribution in [2.24, 2.45) is 0 Å². The van der Waals surface area contributed by atoms with E-state index in [-0.39, 0.29) is 11.6 Å². The topological polar surface area (TPSA) is 50.4 Å². The van der Waals surface area contributed by atoms with Crippen molar-refractivity contribution in [1.29, 1.82) is 0 Å². The summed E-state index contributed by atoms with van der Waals surface area (Å²) in [7, 11) is 1.62. The monoisotopic (exact) mass is 248 g/mol. The van der Waals surface area contributed by atoms with E-state index in [0.717, 1.165) is 12.8 Å². The molecule has 2 N–H and O–H groups in total. The van der Waals surface area contributed by atoms with E-state index in [1.165, 1.54) is 11.1 Å². The molecule has 0 bridgehead atoms. The Bertz CT molecular complexity index is 410. The van der Waals surface area contributed by atoms with Crippen molar-refractivity contribution in [2.45, 2.75) is 25.3 Å². The SMILES string of the molecule is COCCNC(=O)NC1(c2ccc(C)cc2)CC1. The van der Waals surface area contributed by atoms with E-state index < -0.39 is 0 Å². The van der Waals surface area contributed by atoms with E-state index in [9.17, 15) is 4.79 Å². The number of aryl methyl sites for hydroxylation is 1. The van der Waals surface area contributed by atoms with Crippen molar-refractivity contribution < 1.29 is 9.53 Å². The summed E-state index contributed by atoms with van der Waals surface area (Å²) >= 11 is 0. The Morgan fingerprint density at radius 2 is 2.00 bits per heavy atom. The van der Waals surface area contributed by atoms with Gasteiger partial charge in [0.15, 0.2) is 0 Å². The molecular weight excluding hydrogens is 228 g/mol. The average molecular weight is 248 g/mol. The third kappa shape index (κ3) is 3.01. The van der Waals surface area contributed by atoms with Crippen LogP contribution in [-0.2, 0) is 10.3 Å². The number of carbonyl (C=O) groups excluding carboxylic acids is 1. The highest BCUT2D eigenvalue weighted by Gasteiger charge is 2.45. The summed E-state index contributed by atoms with van der Waals surface area (Å²) in [4.78, 5) is 11.7. The van der Waals surface area contributed by atoms with Gasteiger partial charge in [-0.1, -0.05) is 29.8 Å². The number of methoxy groups -OCH3 is 1. The van der Waals surface area contributed by atoms with Gasteiger partial charge in [0.2, 0.25) is 0 Å². The highest BCUT2D eigenvalue weighted by Crippen LogP contribution is 2.45. The minimum absolute atomic E-state index is 0.120. The Labute approximate surface area is 108 Å². The van der Waals surface area contributed by atoms with Gasteiger partial charge in [-0.3, -0.25) is 0 Å². The van der Waals surface area contributed by atoms with Crippen molar-refractivity contribution in [2.75, 3.05) is 20.3 Å². The van der Waals surface area contributed by atoms with Gasteiger partial charge >= 0.3 is 6.03 Å². The summed E-state index contributed by atoms with van der Waals surface area (Å²) in [6.45, 7) is 3.13. The lowest BCUT2D eigenvalue weighted by Gasteiger charge is -2.18. The quantitative estimate of drug-likeness (QED) is 0.782. The summed E-state index contributed by atoms with van der Waals surface area (Å²) in [5.41, 5.74) is 2.28. The van der Waals surface area contributed by atoms with Crippen LogP contribution in [0.3, 0.4) is 0 Å². The third-order valence-electron chi connectivity index (χ3n) is 3.30. The predicted octanol–water partition coefficient (Wildman–Crippen LogP) is 1.93. The number of hydrogen-bond donors (Lipinski definition) is 2. The van der Waals surface area contributed by atoms with Crippen LogP contribution in [0.4, 0.5) is 4.79 Å². The second kappa shape index (κ2) is 5.40. The van der Waals surface area contributed by atoms with E-state index in [1.54, 1.807) is 7.11 Å². The zero-order chi connectivity index (χ0) is 13.0. The maximum atomic E-state index is 11.7. The largest absolute Gasteiger partial charge is 0.383 e. The number of benzene rings is 1. The van der Waals surface area contributed by atoms with E-state index in [2.05, 4.69) is 41.8 Å². The molecule has 0 atom stereocenters. The average Bonchev–Trinajstić information content (AvgIpc) is 3.11. The van der Waals surface area contributed by atoms with Crippen LogP contribution < -0.4 is 10.6 Å². The number of amides is 2. The number of nitrogens with one attached hydrogen (secondary N) is 2. The van der Waals surface area contributed by atoms with Crippen LogP contribution in [0.15, 0.2) is 24.3 Å². The first kappa shape index (κ1) is 12.9. The van der Waals surface area contributed by atoms with Gasteiger partial charge in [0.25, 0.3) is 0 Å². The lowest BCUT2D eigenvalue weighted by Crippen LogP contribution is -2.43. The van der Waals surface area contributed by atoms with Gasteiger partial charge in [0.05, 0.1) is 12.1 Å². The molecule has 1 aliphatic rings. The summed E-state index contributed by atoms with van der Waals surface area (Å²) in [6, 6.07) is 8.24. The molecule has 0 aliphatic heterocycles. The zero-order valence-corrected chi connectivity index (χ0v) is 11.0. The molecule has 4 nitrogen and oxygen atoms in total. The molecule has 0 unspecified atom stereocenters. The first-order chi connectivity index (χ1) is 8.66. The summed E-state index contributed by atoms with van der Waals surface area (Å²) in [6.07, 6.45) is 2.02. The highest BCUT2D eigenvalue weighted by atomic mass is 16.5. The highest BCUT2D eigenvalue weighted by molar-refractivity contribution is 5.75. The minimum Gasteiger partial charge on any atom is -0.383 e. The molecule has 1 aromatic rings. The summed E-state index contributed by atoms with van der Waals surface area (Å²) < 4.78 is 4.89. The second-order valence-electron chi connectivity index (χ2n) is 4.82. The van der Waals surface area contributed by atoms with E-state index in [0.29, 0.717) is 13.2 Å². The van der Waals surface area contributed by atoms with Crippen LogP contribution in [0.2, 0.25) is 0 Å². The van der Waals surface area contributed by atoms with Gasteiger partial charge in [0.1, 0.15) is 0 Å². The van der Waals surface area contributed by atoms with E-state index >= 15 is 0 Å². The van der Waals surface area contributed by atoms with Crippen LogP contribution >= 0.6 is 0 Å². The molecule has 2 rings (SSSR count). The maximum Gasteiger partial charge on any atom is 0.315 e. The first-order valence-corrected chi connectivity index (χ1v) is 6.28. The molecule has 2 amide bonds. The molecule has 0 radical (unpaired) electrons. The molecule has 1 aliphatic carbocycles. The van der Waals surface area contributed by atoms with Gasteiger partial charge in [-0.05, 0) is 25.3 Å². The second-order valence-corrected chi connectivity index (χ2v) is 4.82. The van der Waals surface area contributed by atoms with E-state index in [4.69, 9.17) is 4.74 Å². The van der Waals surface area contributed by atoms with Gasteiger partial charge in [-0.2, -0.15) is 0 Å². The molecule has 0 saturated heterocycles. The fourth-order valence-electron chi connectivity index (χ4n) is 2.01. The van der Waals surface area contributed by atoms with Crippen molar-refractivity contribution in [1.82, 2.24) is 10.6 Å². The lowest BCUT2D eigenvalue weighted by atomic mass is 10.0. The number of ether oxygens (including phenoxy) is 1. The lowest BCUT2D eigenvalue weighted by molar-refractivity contribution is 0.194. The van der Waals surface area contributed by atoms with Gasteiger partial charge in [-0.15, -0.1) is 0 Å². The number of urea groups is 1. The molecule has 0 heterocycles. The maximum absolute atomic E-state index is 11.7. The smallest absolute Gasteiger partial charge is 0.315 e. The number of carbonyl (C=O) groups is 1. The van der Waals surface area contributed by atoms with Crippen molar-refractivity contribution >= 4 is 6.03 Å². The Morgan fingerprint density at radius 3 is 2.56 bits per heavy atom. The Kier molecular flexibility index (Phi) is 3.87. The Morgan fingerprint density at radius 1 is 1.33 bits per heavy atom. The van der Waals surface area contributed by atoms with Crippen LogP contribution in [0.25, 0.3) is 0 Å². The zero-order valence-electron chi connectivity index (χ0n) is 11.0. The van der Waals surface area contributed by atoms with Crippen LogP contribution in [-0.4, -0.2) is 26.3 Å². The molecule has 1 aromatic carbocycles. The molecular formula is C14H20N2O2. The van der Waals surface area contributed by atoms with Gasteiger partial charge in [0, 0.05) is 13.7 Å². The predicted molar refractivity (Wildman–Crippen MR) is 70.5 cm³/mol. The molecule has 1 saturated carbocycles. The van der Waals surface area contributed by atoms with Crippen molar-refractivity contribution in [3.8, 4) is 0 Å². The molecule has 4 heteroatoms. The molecule has 0 aromatic heterocycles. The van der Waals surface area contributed by atoms with Gasteiger partial charge in [-0.25, -0.2) is 4.79 Å². The van der Waals surface area contributed by atoms with Crippen LogP contribution in [0.5, 0.6) is 0 Å².